The average Bonchev–Trinajstić information content (AvgIpc) is 2.17. The molecule has 0 aliphatic carbocycles. The molecule has 1 aliphatic rings. The van der Waals surface area contributed by atoms with Gasteiger partial charge < -0.3 is 0 Å². The van der Waals surface area contributed by atoms with E-state index < -0.39 is 15.7 Å². The van der Waals surface area contributed by atoms with Gasteiger partial charge in [-0.2, -0.15) is 17.4 Å². The number of nitrogens with one attached hydrogen (secondary N) is 1. The Hall–Kier alpha value is 0.350. The van der Waals surface area contributed by atoms with Crippen molar-refractivity contribution < 1.29 is 8.42 Å². The first-order valence-electron chi connectivity index (χ1n) is 5.69. The van der Waals surface area contributed by atoms with E-state index in [0.717, 1.165) is 19.3 Å². The highest BCUT2D eigenvalue weighted by atomic mass is 79.9. The molecule has 16 heavy (non-hydrogen) atoms. The van der Waals surface area contributed by atoms with E-state index in [1.165, 1.54) is 0 Å². The maximum absolute atomic E-state index is 12.1. The van der Waals surface area contributed by atoms with E-state index in [9.17, 15) is 8.42 Å². The Morgan fingerprint density at radius 1 is 1.25 bits per heavy atom. The normalized spacial score (nSPS) is 22.0. The molecule has 1 N–H and O–H groups in total. The van der Waals surface area contributed by atoms with Gasteiger partial charge in [0.25, 0.3) is 10.2 Å². The van der Waals surface area contributed by atoms with Crippen molar-refractivity contribution in [1.82, 2.24) is 9.03 Å². The molecule has 1 atom stereocenters. The number of alkyl halides is 1. The molecular formula is C10H21BrN2O2S. The lowest BCUT2D eigenvalue weighted by Crippen LogP contribution is -2.54. The minimum absolute atomic E-state index is 0.0829. The second kappa shape index (κ2) is 5.33. The molecule has 96 valence electrons. The van der Waals surface area contributed by atoms with Gasteiger partial charge >= 0.3 is 0 Å². The largest absolute Gasteiger partial charge is 0.279 e. The van der Waals surface area contributed by atoms with Crippen LogP contribution in [0.1, 0.15) is 40.0 Å². The zero-order chi connectivity index (χ0) is 12.4. The molecular weight excluding hydrogens is 292 g/mol. The molecule has 1 heterocycles. The van der Waals surface area contributed by atoms with Crippen molar-refractivity contribution in [2.24, 2.45) is 0 Å². The van der Waals surface area contributed by atoms with Gasteiger partial charge in [0.15, 0.2) is 0 Å². The number of hydrogen-bond donors (Lipinski definition) is 1. The number of piperidine rings is 1. The quantitative estimate of drug-likeness (QED) is 0.806. The molecule has 0 aromatic rings. The lowest BCUT2D eigenvalue weighted by Gasteiger charge is -2.33. The maximum Gasteiger partial charge on any atom is 0.279 e. The summed E-state index contributed by atoms with van der Waals surface area (Å²) in [5, 5.41) is 0. The Morgan fingerprint density at radius 3 is 2.19 bits per heavy atom. The summed E-state index contributed by atoms with van der Waals surface area (Å²) in [6, 6.07) is 0. The van der Waals surface area contributed by atoms with Crippen molar-refractivity contribution in [1.29, 1.82) is 0 Å². The third-order valence-electron chi connectivity index (χ3n) is 3.04. The molecule has 1 saturated heterocycles. The van der Waals surface area contributed by atoms with Gasteiger partial charge in [-0.3, -0.25) is 0 Å². The molecule has 1 unspecified atom stereocenters. The zero-order valence-electron chi connectivity index (χ0n) is 10.2. The van der Waals surface area contributed by atoms with Crippen molar-refractivity contribution in [3.8, 4) is 0 Å². The lowest BCUT2D eigenvalue weighted by atomic mass is 10.0. The van der Waals surface area contributed by atoms with Crippen LogP contribution in [0.5, 0.6) is 0 Å². The molecule has 0 aromatic carbocycles. The summed E-state index contributed by atoms with van der Waals surface area (Å²) in [6.45, 7) is 6.99. The van der Waals surface area contributed by atoms with Crippen LogP contribution in [0.3, 0.4) is 0 Å². The smallest absolute Gasteiger partial charge is 0.195 e. The summed E-state index contributed by atoms with van der Waals surface area (Å²) < 4.78 is 28.5. The highest BCUT2D eigenvalue weighted by Gasteiger charge is 2.33. The molecule has 0 radical (unpaired) electrons. The van der Waals surface area contributed by atoms with Crippen molar-refractivity contribution >= 4 is 26.1 Å². The van der Waals surface area contributed by atoms with Gasteiger partial charge in [0.1, 0.15) is 0 Å². The summed E-state index contributed by atoms with van der Waals surface area (Å²) in [7, 11) is -3.33. The van der Waals surface area contributed by atoms with Crippen LogP contribution >= 0.6 is 15.9 Å². The highest BCUT2D eigenvalue weighted by molar-refractivity contribution is 9.09. The second-order valence-electron chi connectivity index (χ2n) is 4.90. The molecule has 1 aliphatic heterocycles. The van der Waals surface area contributed by atoms with Crippen LogP contribution in [-0.2, 0) is 10.2 Å². The molecule has 6 heteroatoms. The first-order chi connectivity index (χ1) is 7.26. The Labute approximate surface area is 107 Å². The predicted octanol–water partition coefficient (Wildman–Crippen LogP) is 1.87. The van der Waals surface area contributed by atoms with E-state index in [2.05, 4.69) is 20.7 Å². The molecule has 0 bridgehead atoms. The molecule has 0 saturated carbocycles. The fourth-order valence-electron chi connectivity index (χ4n) is 1.58. The van der Waals surface area contributed by atoms with Crippen LogP contribution in [-0.4, -0.2) is 36.2 Å². The first-order valence-corrected chi connectivity index (χ1v) is 8.04. The van der Waals surface area contributed by atoms with Crippen LogP contribution in [0.4, 0.5) is 0 Å². The fourth-order valence-corrected chi connectivity index (χ4v) is 3.56. The van der Waals surface area contributed by atoms with Crippen LogP contribution < -0.4 is 4.72 Å². The van der Waals surface area contributed by atoms with Crippen LogP contribution in [0, 0.1) is 0 Å². The third-order valence-corrected chi connectivity index (χ3v) is 6.02. The minimum atomic E-state index is -3.33. The Morgan fingerprint density at radius 2 is 1.75 bits per heavy atom. The zero-order valence-corrected chi connectivity index (χ0v) is 12.6. The van der Waals surface area contributed by atoms with E-state index >= 15 is 0 Å². The first kappa shape index (κ1) is 14.4. The van der Waals surface area contributed by atoms with Crippen LogP contribution in [0.25, 0.3) is 0 Å². The summed E-state index contributed by atoms with van der Waals surface area (Å²) >= 11 is 3.43. The Bertz CT molecular complexity index is 322. The maximum atomic E-state index is 12.1. The lowest BCUT2D eigenvalue weighted by molar-refractivity contribution is 0.329. The van der Waals surface area contributed by atoms with Gasteiger partial charge in [0.05, 0.1) is 0 Å². The van der Waals surface area contributed by atoms with Crippen molar-refractivity contribution in [2.75, 3.05) is 13.1 Å². The van der Waals surface area contributed by atoms with Crippen LogP contribution in [0.15, 0.2) is 0 Å². The van der Waals surface area contributed by atoms with Gasteiger partial charge in [-0.25, -0.2) is 0 Å². The van der Waals surface area contributed by atoms with Crippen molar-refractivity contribution in [3.05, 3.63) is 0 Å². The molecule has 0 spiro atoms. The molecule has 4 nitrogen and oxygen atoms in total. The van der Waals surface area contributed by atoms with E-state index in [1.807, 2.05) is 20.8 Å². The molecule has 0 amide bonds. The highest BCUT2D eigenvalue weighted by Crippen LogP contribution is 2.20. The van der Waals surface area contributed by atoms with Gasteiger partial charge in [-0.15, -0.1) is 0 Å². The van der Waals surface area contributed by atoms with E-state index in [4.69, 9.17) is 0 Å². The predicted molar refractivity (Wildman–Crippen MR) is 69.9 cm³/mol. The summed E-state index contributed by atoms with van der Waals surface area (Å²) in [5.74, 6) is 0. The van der Waals surface area contributed by atoms with Gasteiger partial charge in [-0.05, 0) is 26.7 Å². The van der Waals surface area contributed by atoms with Gasteiger partial charge in [0, 0.05) is 23.5 Å². The topological polar surface area (TPSA) is 49.4 Å². The van der Waals surface area contributed by atoms with Crippen LogP contribution in [0.2, 0.25) is 0 Å². The minimum Gasteiger partial charge on any atom is -0.195 e. The molecule has 0 aromatic heterocycles. The Balaban J connectivity index is 2.71. The number of nitrogens with zero attached hydrogens (tertiary/aromatic N) is 1. The number of hydrogen-bond acceptors (Lipinski definition) is 2. The van der Waals surface area contributed by atoms with Crippen molar-refractivity contribution in [2.45, 2.75) is 50.4 Å². The molecule has 1 rings (SSSR count). The molecule has 1 fully saturated rings. The number of rotatable bonds is 4. The standard InChI is InChI=1S/C10H21BrN2O2S/c1-9(11)10(2,3)12-16(14,15)13-7-5-4-6-8-13/h9,12H,4-8H2,1-3H3. The van der Waals surface area contributed by atoms with Gasteiger partial charge in [0.2, 0.25) is 0 Å². The monoisotopic (exact) mass is 312 g/mol. The van der Waals surface area contributed by atoms with Crippen molar-refractivity contribution in [3.63, 3.8) is 0 Å². The summed E-state index contributed by atoms with van der Waals surface area (Å²) in [5.41, 5.74) is -0.476. The van der Waals surface area contributed by atoms with E-state index in [0.29, 0.717) is 13.1 Å². The van der Waals surface area contributed by atoms with E-state index in [1.54, 1.807) is 4.31 Å². The van der Waals surface area contributed by atoms with Gasteiger partial charge in [-0.1, -0.05) is 29.3 Å². The summed E-state index contributed by atoms with van der Waals surface area (Å²) in [4.78, 5) is 0.0829. The third kappa shape index (κ3) is 3.68. The average molecular weight is 313 g/mol. The second-order valence-corrected chi connectivity index (χ2v) is 7.95. The SMILES string of the molecule is CC(Br)C(C)(C)NS(=O)(=O)N1CCCCC1. The summed E-state index contributed by atoms with van der Waals surface area (Å²) in [6.07, 6.45) is 3.06. The Kier molecular flexibility index (Phi) is 4.80. The van der Waals surface area contributed by atoms with E-state index in [-0.39, 0.29) is 4.83 Å². The number of halogens is 1. The fraction of sp³-hybridized carbons (Fsp3) is 1.00.